The average Bonchev–Trinajstić information content (AvgIpc) is 2.69. The van der Waals surface area contributed by atoms with Gasteiger partial charge in [-0.25, -0.2) is 4.98 Å². The van der Waals surface area contributed by atoms with Gasteiger partial charge in [0.25, 0.3) is 5.56 Å². The number of ether oxygens (including phenoxy) is 1. The van der Waals surface area contributed by atoms with Crippen molar-refractivity contribution in [2.24, 2.45) is 0 Å². The smallest absolute Gasteiger partial charge is 0.260 e. The number of H-pyrrole nitrogens is 1. The lowest BCUT2D eigenvalue weighted by Crippen LogP contribution is -2.53. The van der Waals surface area contributed by atoms with Gasteiger partial charge in [-0.05, 0) is 18.7 Å². The fourth-order valence-corrected chi connectivity index (χ4v) is 3.83. The Kier molecular flexibility index (Phi) is 5.19. The summed E-state index contributed by atoms with van der Waals surface area (Å²) in [7, 11) is 0. The minimum atomic E-state index is -0.0664. The number of aromatic amines is 1. The van der Waals surface area contributed by atoms with E-state index in [0.29, 0.717) is 17.4 Å². The summed E-state index contributed by atoms with van der Waals surface area (Å²) in [5.41, 5.74) is 0.687. The third-order valence-electron chi connectivity index (χ3n) is 5.40. The number of anilines is 1. The highest BCUT2D eigenvalue weighted by Gasteiger charge is 2.25. The number of nitrogens with zero attached hydrogens (tertiary/aromatic N) is 4. The Hall–Kier alpha value is -1.96. The second-order valence-corrected chi connectivity index (χ2v) is 7.08. The zero-order valence-corrected chi connectivity index (χ0v) is 15.4. The topological polar surface area (TPSA) is 64.7 Å². The molecule has 7 heteroatoms. The lowest BCUT2D eigenvalue weighted by molar-refractivity contribution is -0.0423. The van der Waals surface area contributed by atoms with Gasteiger partial charge in [0.2, 0.25) is 5.95 Å². The SMILES string of the molecule is CCN1CCOC(CN2CCN(c3nc4ccccc4c(=O)[nH]3)CC2)C1. The lowest BCUT2D eigenvalue weighted by Gasteiger charge is -2.39. The molecule has 1 atom stereocenters. The first-order chi connectivity index (χ1) is 12.7. The van der Waals surface area contributed by atoms with Crippen LogP contribution in [0, 0.1) is 0 Å². The zero-order valence-electron chi connectivity index (χ0n) is 15.4. The molecular weight excluding hydrogens is 330 g/mol. The standard InChI is InChI=1S/C19H27N5O2/c1-2-22-11-12-26-15(13-22)14-23-7-9-24(10-8-23)19-20-17-6-4-3-5-16(17)18(25)21-19/h3-6,15H,2,7-14H2,1H3,(H,20,21,25). The van der Waals surface area contributed by atoms with Gasteiger partial charge in [0.1, 0.15) is 0 Å². The summed E-state index contributed by atoms with van der Waals surface area (Å²) < 4.78 is 5.93. The van der Waals surface area contributed by atoms with Gasteiger partial charge in [0.05, 0.1) is 23.6 Å². The number of hydrogen-bond acceptors (Lipinski definition) is 6. The highest BCUT2D eigenvalue weighted by atomic mass is 16.5. The molecule has 0 amide bonds. The number of para-hydroxylation sites is 1. The van der Waals surface area contributed by atoms with Gasteiger partial charge in [-0.1, -0.05) is 19.1 Å². The second kappa shape index (κ2) is 7.73. The Morgan fingerprint density at radius 3 is 2.77 bits per heavy atom. The Morgan fingerprint density at radius 1 is 1.15 bits per heavy atom. The van der Waals surface area contributed by atoms with Crippen molar-refractivity contribution in [2.75, 3.05) is 63.9 Å². The molecule has 2 aliphatic rings. The molecule has 1 aromatic carbocycles. The minimum absolute atomic E-state index is 0.0664. The van der Waals surface area contributed by atoms with Gasteiger partial charge < -0.3 is 9.64 Å². The van der Waals surface area contributed by atoms with Gasteiger partial charge in [0.15, 0.2) is 0 Å². The zero-order chi connectivity index (χ0) is 17.9. The number of benzene rings is 1. The minimum Gasteiger partial charge on any atom is -0.374 e. The van der Waals surface area contributed by atoms with Crippen LogP contribution in [0.15, 0.2) is 29.1 Å². The van der Waals surface area contributed by atoms with E-state index in [9.17, 15) is 4.79 Å². The van der Waals surface area contributed by atoms with E-state index in [2.05, 4.69) is 31.6 Å². The number of rotatable bonds is 4. The summed E-state index contributed by atoms with van der Waals surface area (Å²) in [6.45, 7) is 10.8. The highest BCUT2D eigenvalue weighted by Crippen LogP contribution is 2.15. The molecule has 2 aromatic rings. The first-order valence-electron chi connectivity index (χ1n) is 9.53. The van der Waals surface area contributed by atoms with Crippen LogP contribution in [-0.4, -0.2) is 84.8 Å². The Morgan fingerprint density at radius 2 is 1.96 bits per heavy atom. The van der Waals surface area contributed by atoms with Crippen molar-refractivity contribution in [2.45, 2.75) is 13.0 Å². The fraction of sp³-hybridized carbons (Fsp3) is 0.579. The van der Waals surface area contributed by atoms with Crippen molar-refractivity contribution >= 4 is 16.9 Å². The maximum absolute atomic E-state index is 12.3. The summed E-state index contributed by atoms with van der Waals surface area (Å²) >= 11 is 0. The molecule has 2 saturated heterocycles. The maximum atomic E-state index is 12.3. The Labute approximate surface area is 153 Å². The molecule has 0 aliphatic carbocycles. The van der Waals surface area contributed by atoms with E-state index in [4.69, 9.17) is 4.74 Å². The van der Waals surface area contributed by atoms with Crippen molar-refractivity contribution in [1.82, 2.24) is 19.8 Å². The van der Waals surface area contributed by atoms with E-state index in [1.165, 1.54) is 0 Å². The number of morpholine rings is 1. The van der Waals surface area contributed by atoms with Gasteiger partial charge >= 0.3 is 0 Å². The van der Waals surface area contributed by atoms with Crippen molar-refractivity contribution in [1.29, 1.82) is 0 Å². The molecule has 0 radical (unpaired) electrons. The Balaban J connectivity index is 1.37. The number of fused-ring (bicyclic) bond motifs is 1. The van der Waals surface area contributed by atoms with E-state index >= 15 is 0 Å². The largest absolute Gasteiger partial charge is 0.374 e. The van der Waals surface area contributed by atoms with Crippen LogP contribution in [0.2, 0.25) is 0 Å². The molecule has 2 fully saturated rings. The summed E-state index contributed by atoms with van der Waals surface area (Å²) in [5, 5.41) is 0.643. The van der Waals surface area contributed by atoms with Crippen LogP contribution in [0.4, 0.5) is 5.95 Å². The van der Waals surface area contributed by atoms with Gasteiger partial charge in [0, 0.05) is 45.8 Å². The van der Waals surface area contributed by atoms with Crippen molar-refractivity contribution < 1.29 is 4.74 Å². The maximum Gasteiger partial charge on any atom is 0.260 e. The molecule has 140 valence electrons. The monoisotopic (exact) mass is 357 g/mol. The van der Waals surface area contributed by atoms with E-state index in [1.54, 1.807) is 0 Å². The summed E-state index contributed by atoms with van der Waals surface area (Å²) in [6, 6.07) is 7.49. The number of hydrogen-bond donors (Lipinski definition) is 1. The number of likely N-dealkylation sites (N-methyl/N-ethyl adjacent to an activating group) is 1. The predicted octanol–water partition coefficient (Wildman–Crippen LogP) is 0.766. The van der Waals surface area contributed by atoms with Gasteiger partial charge in [-0.15, -0.1) is 0 Å². The molecule has 3 heterocycles. The van der Waals surface area contributed by atoms with E-state index in [0.717, 1.165) is 64.5 Å². The van der Waals surface area contributed by atoms with Crippen LogP contribution in [0.3, 0.4) is 0 Å². The summed E-state index contributed by atoms with van der Waals surface area (Å²) in [4.78, 5) is 26.9. The van der Waals surface area contributed by atoms with Crippen LogP contribution >= 0.6 is 0 Å². The van der Waals surface area contributed by atoms with Crippen molar-refractivity contribution in [3.63, 3.8) is 0 Å². The number of aromatic nitrogens is 2. The van der Waals surface area contributed by atoms with Crippen LogP contribution in [0.1, 0.15) is 6.92 Å². The molecule has 0 bridgehead atoms. The first-order valence-corrected chi connectivity index (χ1v) is 9.53. The van der Waals surface area contributed by atoms with E-state index in [1.807, 2.05) is 24.3 Å². The molecule has 26 heavy (non-hydrogen) atoms. The molecular formula is C19H27N5O2. The molecule has 0 spiro atoms. The molecule has 4 rings (SSSR count). The van der Waals surface area contributed by atoms with Gasteiger partial charge in [-0.2, -0.15) is 0 Å². The normalized spacial score (nSPS) is 22.8. The van der Waals surface area contributed by atoms with Gasteiger partial charge in [-0.3, -0.25) is 19.6 Å². The Bertz CT molecular complexity index is 800. The molecule has 7 nitrogen and oxygen atoms in total. The fourth-order valence-electron chi connectivity index (χ4n) is 3.83. The average molecular weight is 357 g/mol. The third-order valence-corrected chi connectivity index (χ3v) is 5.40. The summed E-state index contributed by atoms with van der Waals surface area (Å²) in [5.74, 6) is 0.680. The molecule has 1 N–H and O–H groups in total. The van der Waals surface area contributed by atoms with Crippen molar-refractivity contribution in [3.05, 3.63) is 34.6 Å². The van der Waals surface area contributed by atoms with Crippen LogP contribution in [0.25, 0.3) is 10.9 Å². The summed E-state index contributed by atoms with van der Waals surface area (Å²) in [6.07, 6.45) is 0.300. The molecule has 0 saturated carbocycles. The molecule has 1 unspecified atom stereocenters. The van der Waals surface area contributed by atoms with E-state index < -0.39 is 0 Å². The van der Waals surface area contributed by atoms with Crippen LogP contribution in [-0.2, 0) is 4.74 Å². The quantitative estimate of drug-likeness (QED) is 0.872. The van der Waals surface area contributed by atoms with Crippen molar-refractivity contribution in [3.8, 4) is 0 Å². The molecule has 2 aliphatic heterocycles. The lowest BCUT2D eigenvalue weighted by atomic mass is 10.2. The molecule has 1 aromatic heterocycles. The highest BCUT2D eigenvalue weighted by molar-refractivity contribution is 5.78. The second-order valence-electron chi connectivity index (χ2n) is 7.08. The van der Waals surface area contributed by atoms with Crippen LogP contribution < -0.4 is 10.5 Å². The van der Waals surface area contributed by atoms with Crippen LogP contribution in [0.5, 0.6) is 0 Å². The first kappa shape index (κ1) is 17.5. The number of nitrogens with one attached hydrogen (secondary N) is 1. The van der Waals surface area contributed by atoms with E-state index in [-0.39, 0.29) is 5.56 Å². The predicted molar refractivity (Wildman–Crippen MR) is 103 cm³/mol. The third kappa shape index (κ3) is 3.75. The number of piperazine rings is 1.